The number of allylic oxidation sites excluding steroid dienone is 2. The Morgan fingerprint density at radius 2 is 2.00 bits per heavy atom. The minimum atomic E-state index is 0.0267. The highest BCUT2D eigenvalue weighted by molar-refractivity contribution is 6.00. The number of phenolic OH excluding ortho intramolecular Hbond substituents is 1. The van der Waals surface area contributed by atoms with Crippen molar-refractivity contribution in [3.8, 4) is 5.75 Å². The first-order chi connectivity index (χ1) is 9.00. The van der Waals surface area contributed by atoms with Gasteiger partial charge in [0.25, 0.3) is 0 Å². The van der Waals surface area contributed by atoms with Crippen molar-refractivity contribution in [2.45, 2.75) is 20.8 Å². The molecule has 4 nitrogen and oxygen atoms in total. The van der Waals surface area contributed by atoms with E-state index in [0.29, 0.717) is 13.1 Å². The summed E-state index contributed by atoms with van der Waals surface area (Å²) in [6, 6.07) is 7.13. The number of ketones is 1. The Morgan fingerprint density at radius 1 is 1.32 bits per heavy atom. The van der Waals surface area contributed by atoms with Gasteiger partial charge in [-0.15, -0.1) is 0 Å². The van der Waals surface area contributed by atoms with E-state index in [2.05, 4.69) is 10.3 Å². The molecule has 19 heavy (non-hydrogen) atoms. The molecule has 0 aliphatic rings. The predicted octanol–water partition coefficient (Wildman–Crippen LogP) is 2.28. The fourth-order valence-corrected chi connectivity index (χ4v) is 1.70. The van der Waals surface area contributed by atoms with Crippen LogP contribution < -0.4 is 5.32 Å². The van der Waals surface area contributed by atoms with Crippen LogP contribution in [-0.4, -0.2) is 29.7 Å². The normalized spacial score (nSPS) is 12.4. The largest absolute Gasteiger partial charge is 0.507 e. The van der Waals surface area contributed by atoms with Crippen LogP contribution in [0.5, 0.6) is 5.75 Å². The molecule has 0 bridgehead atoms. The van der Waals surface area contributed by atoms with Crippen molar-refractivity contribution < 1.29 is 9.90 Å². The van der Waals surface area contributed by atoms with Gasteiger partial charge in [-0.2, -0.15) is 0 Å². The molecule has 2 N–H and O–H groups in total. The van der Waals surface area contributed by atoms with Crippen molar-refractivity contribution in [1.29, 1.82) is 0 Å². The Labute approximate surface area is 113 Å². The highest BCUT2D eigenvalue weighted by Gasteiger charge is 2.02. The third-order valence-electron chi connectivity index (χ3n) is 2.58. The Hall–Kier alpha value is -2.10. The third-order valence-corrected chi connectivity index (χ3v) is 2.58. The maximum absolute atomic E-state index is 10.8. The number of rotatable bonds is 6. The molecular formula is C15H20N2O2. The molecular weight excluding hydrogens is 240 g/mol. The number of benzene rings is 1. The number of carbonyl (C=O) groups excluding carboxylic acids is 1. The summed E-state index contributed by atoms with van der Waals surface area (Å²) >= 11 is 0. The van der Waals surface area contributed by atoms with Crippen LogP contribution in [0.25, 0.3) is 0 Å². The summed E-state index contributed by atoms with van der Waals surface area (Å²) in [4.78, 5) is 15.2. The molecule has 0 amide bonds. The van der Waals surface area contributed by atoms with Gasteiger partial charge in [0.15, 0.2) is 5.78 Å². The molecule has 0 heterocycles. The molecule has 0 saturated carbocycles. The molecule has 1 rings (SSSR count). The van der Waals surface area contributed by atoms with Crippen molar-refractivity contribution in [1.82, 2.24) is 5.32 Å². The van der Waals surface area contributed by atoms with Gasteiger partial charge in [-0.05, 0) is 39.0 Å². The van der Waals surface area contributed by atoms with Gasteiger partial charge in [0.05, 0.1) is 6.54 Å². The van der Waals surface area contributed by atoms with Crippen LogP contribution in [0, 0.1) is 0 Å². The molecule has 0 unspecified atom stereocenters. The fraction of sp³-hybridized carbons (Fsp3) is 0.333. The van der Waals surface area contributed by atoms with E-state index in [9.17, 15) is 9.90 Å². The highest BCUT2D eigenvalue weighted by Crippen LogP contribution is 2.16. The first-order valence-corrected chi connectivity index (χ1v) is 6.23. The van der Waals surface area contributed by atoms with Crippen LogP contribution in [0.3, 0.4) is 0 Å². The fourth-order valence-electron chi connectivity index (χ4n) is 1.70. The number of nitrogens with zero attached hydrogens (tertiary/aromatic N) is 1. The summed E-state index contributed by atoms with van der Waals surface area (Å²) in [7, 11) is 0. The number of aliphatic imine (C=N–C) groups is 1. The minimum Gasteiger partial charge on any atom is -0.507 e. The lowest BCUT2D eigenvalue weighted by atomic mass is 10.1. The predicted molar refractivity (Wildman–Crippen MR) is 77.6 cm³/mol. The van der Waals surface area contributed by atoms with E-state index in [1.165, 1.54) is 6.92 Å². The van der Waals surface area contributed by atoms with Crippen LogP contribution in [0.4, 0.5) is 0 Å². The quantitative estimate of drug-likeness (QED) is 0.468. The maximum atomic E-state index is 10.8. The van der Waals surface area contributed by atoms with Crippen LogP contribution in [0.15, 0.2) is 41.0 Å². The lowest BCUT2D eigenvalue weighted by Crippen LogP contribution is -2.16. The standard InChI is InChI=1S/C15H20N2O2/c1-11(10-12(2)18)16-8-9-17-13(3)14-6-4-5-7-15(14)19/h4-7,10,16,19H,8-9H2,1-3H3/b11-10+,17-13?. The molecule has 0 saturated heterocycles. The van der Waals surface area contributed by atoms with Gasteiger partial charge in [0.2, 0.25) is 0 Å². The molecule has 0 aromatic heterocycles. The van der Waals surface area contributed by atoms with Gasteiger partial charge in [-0.25, -0.2) is 0 Å². The molecule has 0 atom stereocenters. The van der Waals surface area contributed by atoms with Gasteiger partial charge in [0.1, 0.15) is 5.75 Å². The lowest BCUT2D eigenvalue weighted by Gasteiger charge is -2.06. The maximum Gasteiger partial charge on any atom is 0.154 e. The molecule has 0 aliphatic heterocycles. The topological polar surface area (TPSA) is 61.7 Å². The molecule has 1 aromatic rings. The van der Waals surface area contributed by atoms with E-state index in [-0.39, 0.29) is 11.5 Å². The highest BCUT2D eigenvalue weighted by atomic mass is 16.3. The number of nitrogens with one attached hydrogen (secondary N) is 1. The van der Waals surface area contributed by atoms with Crippen LogP contribution in [0.2, 0.25) is 0 Å². The monoisotopic (exact) mass is 260 g/mol. The average molecular weight is 260 g/mol. The van der Waals surface area contributed by atoms with E-state index in [0.717, 1.165) is 17.0 Å². The van der Waals surface area contributed by atoms with Crippen molar-refractivity contribution in [3.63, 3.8) is 0 Å². The van der Waals surface area contributed by atoms with Gasteiger partial charge in [-0.1, -0.05) is 12.1 Å². The first kappa shape index (κ1) is 15.0. The third kappa shape index (κ3) is 5.38. The van der Waals surface area contributed by atoms with Crippen molar-refractivity contribution in [2.24, 2.45) is 4.99 Å². The second-order valence-electron chi connectivity index (χ2n) is 4.35. The van der Waals surface area contributed by atoms with E-state index in [1.807, 2.05) is 26.0 Å². The van der Waals surface area contributed by atoms with Crippen LogP contribution in [-0.2, 0) is 4.79 Å². The average Bonchev–Trinajstić information content (AvgIpc) is 2.34. The van der Waals surface area contributed by atoms with E-state index < -0.39 is 0 Å². The number of phenols is 1. The summed E-state index contributed by atoms with van der Waals surface area (Å²) in [6.45, 7) is 6.48. The minimum absolute atomic E-state index is 0.0267. The van der Waals surface area contributed by atoms with Gasteiger partial charge in [-0.3, -0.25) is 9.79 Å². The Bertz CT molecular complexity index is 505. The summed E-state index contributed by atoms with van der Waals surface area (Å²) in [5, 5.41) is 12.8. The van der Waals surface area contributed by atoms with Crippen molar-refractivity contribution in [3.05, 3.63) is 41.6 Å². The van der Waals surface area contributed by atoms with Crippen LogP contribution in [0.1, 0.15) is 26.3 Å². The molecule has 102 valence electrons. The molecule has 1 aromatic carbocycles. The lowest BCUT2D eigenvalue weighted by molar-refractivity contribution is -0.112. The zero-order valence-corrected chi connectivity index (χ0v) is 11.6. The first-order valence-electron chi connectivity index (χ1n) is 6.23. The Morgan fingerprint density at radius 3 is 2.63 bits per heavy atom. The summed E-state index contributed by atoms with van der Waals surface area (Å²) in [5.74, 6) is 0.267. The van der Waals surface area contributed by atoms with E-state index in [1.54, 1.807) is 18.2 Å². The van der Waals surface area contributed by atoms with Crippen molar-refractivity contribution >= 4 is 11.5 Å². The van der Waals surface area contributed by atoms with E-state index in [4.69, 9.17) is 0 Å². The molecule has 4 heteroatoms. The molecule has 0 fully saturated rings. The summed E-state index contributed by atoms with van der Waals surface area (Å²) < 4.78 is 0. The summed E-state index contributed by atoms with van der Waals surface area (Å²) in [6.07, 6.45) is 1.56. The number of para-hydroxylation sites is 1. The number of aromatic hydroxyl groups is 1. The number of hydrogen-bond acceptors (Lipinski definition) is 4. The van der Waals surface area contributed by atoms with E-state index >= 15 is 0 Å². The zero-order chi connectivity index (χ0) is 14.3. The Kier molecular flexibility index (Phi) is 5.79. The molecule has 0 aliphatic carbocycles. The van der Waals surface area contributed by atoms with Gasteiger partial charge < -0.3 is 10.4 Å². The summed E-state index contributed by atoms with van der Waals surface area (Å²) in [5.41, 5.74) is 2.38. The zero-order valence-electron chi connectivity index (χ0n) is 11.6. The Balaban J connectivity index is 2.50. The number of hydrogen-bond donors (Lipinski definition) is 2. The van der Waals surface area contributed by atoms with Gasteiger partial charge >= 0.3 is 0 Å². The van der Waals surface area contributed by atoms with Gasteiger partial charge in [0, 0.05) is 23.5 Å². The van der Waals surface area contributed by atoms with Crippen molar-refractivity contribution in [2.75, 3.05) is 13.1 Å². The second kappa shape index (κ2) is 7.36. The molecule has 0 radical (unpaired) electrons. The smallest absolute Gasteiger partial charge is 0.154 e. The second-order valence-corrected chi connectivity index (χ2v) is 4.35. The SMILES string of the molecule is CC(=O)/C=C(\C)NCCN=C(C)c1ccccc1O. The van der Waals surface area contributed by atoms with Crippen LogP contribution >= 0.6 is 0 Å². The number of carbonyl (C=O) groups is 1. The molecule has 0 spiro atoms.